The molecule has 7 nitrogen and oxygen atoms in total. The minimum atomic E-state index is -0.574. The summed E-state index contributed by atoms with van der Waals surface area (Å²) >= 11 is 7.34. The molecule has 0 spiro atoms. The van der Waals surface area contributed by atoms with Gasteiger partial charge in [-0.3, -0.25) is 19.8 Å². The van der Waals surface area contributed by atoms with Crippen LogP contribution in [0.3, 0.4) is 0 Å². The van der Waals surface area contributed by atoms with Crippen molar-refractivity contribution in [1.29, 1.82) is 0 Å². The van der Waals surface area contributed by atoms with Crippen molar-refractivity contribution in [3.05, 3.63) is 87.2 Å². The molecule has 0 atom stereocenters. The van der Waals surface area contributed by atoms with Crippen LogP contribution in [0.25, 0.3) is 21.3 Å². The first-order valence-corrected chi connectivity index (χ1v) is 10.2. The Morgan fingerprint density at radius 3 is 2.57 bits per heavy atom. The summed E-state index contributed by atoms with van der Waals surface area (Å²) in [5.41, 5.74) is 3.96. The zero-order chi connectivity index (χ0) is 21.1. The summed E-state index contributed by atoms with van der Waals surface area (Å²) in [7, 11) is 0. The van der Waals surface area contributed by atoms with Crippen molar-refractivity contribution >= 4 is 45.0 Å². The highest BCUT2D eigenvalue weighted by Crippen LogP contribution is 2.30. The van der Waals surface area contributed by atoms with Gasteiger partial charge >= 0.3 is 0 Å². The normalized spacial score (nSPS) is 10.7. The van der Waals surface area contributed by atoms with E-state index in [0.29, 0.717) is 10.2 Å². The molecule has 2 aromatic carbocycles. The fourth-order valence-electron chi connectivity index (χ4n) is 2.92. The number of nitrogens with zero attached hydrogens (tertiary/aromatic N) is 2. The van der Waals surface area contributed by atoms with Crippen LogP contribution in [0.1, 0.15) is 10.4 Å². The Hall–Kier alpha value is -3.49. The van der Waals surface area contributed by atoms with Gasteiger partial charge in [-0.25, -0.2) is 9.66 Å². The maximum Gasteiger partial charge on any atom is 0.281 e. The molecule has 0 aliphatic heterocycles. The molecular weight excluding hydrogens is 424 g/mol. The predicted molar refractivity (Wildman–Crippen MR) is 117 cm³/mol. The highest BCUT2D eigenvalue weighted by atomic mass is 35.5. The fraction of sp³-hybridized carbons (Fsp3) is 0.0476. The lowest BCUT2D eigenvalue weighted by atomic mass is 10.1. The largest absolute Gasteiger partial charge is 0.343 e. The van der Waals surface area contributed by atoms with Gasteiger partial charge in [0.2, 0.25) is 0 Å². The minimum Gasteiger partial charge on any atom is -0.343 e. The number of hydrogen-bond acceptors (Lipinski definition) is 5. The minimum absolute atomic E-state index is 0.262. The topological polar surface area (TPSA) is 93.1 Å². The summed E-state index contributed by atoms with van der Waals surface area (Å²) < 4.78 is 1.02. The molecule has 0 saturated carbocycles. The van der Waals surface area contributed by atoms with E-state index in [9.17, 15) is 14.4 Å². The highest BCUT2D eigenvalue weighted by Gasteiger charge is 2.15. The number of carbonyl (C=O) groups excluding carboxylic acids is 2. The zero-order valence-corrected chi connectivity index (χ0v) is 17.0. The number of aromatic nitrogens is 2. The average Bonchev–Trinajstić information content (AvgIpc) is 3.20. The number of halogens is 1. The fourth-order valence-corrected chi connectivity index (χ4v) is 4.05. The third-order valence-electron chi connectivity index (χ3n) is 4.35. The Labute approximate surface area is 179 Å². The summed E-state index contributed by atoms with van der Waals surface area (Å²) in [6.45, 7) is -0.330. The molecule has 0 unspecified atom stereocenters. The second kappa shape index (κ2) is 8.48. The van der Waals surface area contributed by atoms with E-state index in [1.807, 2.05) is 35.7 Å². The first-order chi connectivity index (χ1) is 14.5. The van der Waals surface area contributed by atoms with E-state index in [2.05, 4.69) is 15.7 Å². The van der Waals surface area contributed by atoms with Crippen molar-refractivity contribution in [3.63, 3.8) is 0 Å². The smallest absolute Gasteiger partial charge is 0.281 e. The third kappa shape index (κ3) is 3.96. The molecule has 0 saturated heterocycles. The van der Waals surface area contributed by atoms with Crippen LogP contribution in [0, 0.1) is 0 Å². The molecule has 4 rings (SSSR count). The average molecular weight is 439 g/mol. The Balaban J connectivity index is 1.52. The van der Waals surface area contributed by atoms with Crippen LogP contribution in [0.15, 0.2) is 71.1 Å². The molecule has 2 amide bonds. The molecule has 2 aromatic heterocycles. The van der Waals surface area contributed by atoms with Crippen molar-refractivity contribution in [2.45, 2.75) is 0 Å². The Morgan fingerprint density at radius 2 is 1.80 bits per heavy atom. The molecule has 9 heteroatoms. The van der Waals surface area contributed by atoms with E-state index < -0.39 is 17.4 Å². The number of hydrogen-bond donors (Lipinski definition) is 2. The van der Waals surface area contributed by atoms with Gasteiger partial charge in [0.15, 0.2) is 0 Å². The predicted octanol–water partition coefficient (Wildman–Crippen LogP) is 3.28. The molecule has 0 aliphatic carbocycles. The van der Waals surface area contributed by atoms with Crippen molar-refractivity contribution in [2.75, 3.05) is 12.0 Å². The van der Waals surface area contributed by atoms with E-state index in [-0.39, 0.29) is 17.1 Å². The number of nitrogens with one attached hydrogen (secondary N) is 2. The summed E-state index contributed by atoms with van der Waals surface area (Å²) in [5.74, 6) is -1.06. The van der Waals surface area contributed by atoms with Crippen LogP contribution in [0.5, 0.6) is 0 Å². The molecule has 0 fully saturated rings. The first kappa shape index (κ1) is 19.8. The van der Waals surface area contributed by atoms with Crippen LogP contribution in [0.2, 0.25) is 5.02 Å². The molecule has 2 N–H and O–H groups in total. The molecular formula is C21H15ClN4O3S. The Bertz CT molecular complexity index is 1300. The molecule has 150 valence electrons. The number of carbonyl (C=O) groups is 2. The van der Waals surface area contributed by atoms with Crippen molar-refractivity contribution in [3.8, 4) is 11.1 Å². The third-order valence-corrected chi connectivity index (χ3v) is 5.57. The van der Waals surface area contributed by atoms with Gasteiger partial charge < -0.3 is 5.32 Å². The van der Waals surface area contributed by atoms with Crippen molar-refractivity contribution in [1.82, 2.24) is 15.0 Å². The molecule has 0 radical (unpaired) electrons. The van der Waals surface area contributed by atoms with Crippen LogP contribution in [-0.2, 0) is 4.79 Å². The lowest BCUT2D eigenvalue weighted by Crippen LogP contribution is -2.39. The van der Waals surface area contributed by atoms with Gasteiger partial charge in [0.1, 0.15) is 11.2 Å². The summed E-state index contributed by atoms with van der Waals surface area (Å²) in [4.78, 5) is 42.2. The molecule has 2 heterocycles. The van der Waals surface area contributed by atoms with E-state index >= 15 is 0 Å². The van der Waals surface area contributed by atoms with Crippen LogP contribution >= 0.6 is 22.9 Å². The molecule has 0 aliphatic rings. The zero-order valence-electron chi connectivity index (χ0n) is 15.5. The number of thiophene rings is 1. The number of fused-ring (bicyclic) bond motifs is 1. The lowest BCUT2D eigenvalue weighted by molar-refractivity contribution is -0.116. The Kier molecular flexibility index (Phi) is 5.60. The second-order valence-electron chi connectivity index (χ2n) is 6.31. The molecule has 30 heavy (non-hydrogen) atoms. The van der Waals surface area contributed by atoms with E-state index in [1.165, 1.54) is 17.7 Å². The van der Waals surface area contributed by atoms with Crippen molar-refractivity contribution in [2.24, 2.45) is 0 Å². The van der Waals surface area contributed by atoms with Gasteiger partial charge in [-0.1, -0.05) is 54.1 Å². The van der Waals surface area contributed by atoms with Crippen LogP contribution < -0.4 is 16.3 Å². The first-order valence-electron chi connectivity index (χ1n) is 8.91. The van der Waals surface area contributed by atoms with Crippen LogP contribution in [-0.4, -0.2) is 28.0 Å². The highest BCUT2D eigenvalue weighted by molar-refractivity contribution is 7.17. The molecule has 0 bridgehead atoms. The molecule has 4 aromatic rings. The SMILES string of the molecule is O=C(CNC(=O)c1ccccc1Cl)Nn1cnc2scc(-c3ccccc3)c2c1=O. The van der Waals surface area contributed by atoms with E-state index in [0.717, 1.165) is 15.8 Å². The quantitative estimate of drug-likeness (QED) is 0.500. The monoisotopic (exact) mass is 438 g/mol. The van der Waals surface area contributed by atoms with Gasteiger partial charge in [-0.05, 0) is 17.7 Å². The van der Waals surface area contributed by atoms with Gasteiger partial charge in [0, 0.05) is 10.9 Å². The number of rotatable bonds is 5. The lowest BCUT2D eigenvalue weighted by Gasteiger charge is -2.09. The van der Waals surface area contributed by atoms with Gasteiger partial charge in [0.05, 0.1) is 22.5 Å². The standard InChI is InChI=1S/C21H15ClN4O3S/c22-16-9-5-4-8-14(16)19(28)23-10-17(27)25-26-12-24-20-18(21(26)29)15(11-30-20)13-6-2-1-3-7-13/h1-9,11-12H,10H2,(H,23,28)(H,25,27). The van der Waals surface area contributed by atoms with Crippen LogP contribution in [0.4, 0.5) is 0 Å². The van der Waals surface area contributed by atoms with Gasteiger partial charge in [-0.15, -0.1) is 11.3 Å². The maximum atomic E-state index is 12.9. The summed E-state index contributed by atoms with van der Waals surface area (Å²) in [6.07, 6.45) is 1.25. The van der Waals surface area contributed by atoms with E-state index in [4.69, 9.17) is 11.6 Å². The van der Waals surface area contributed by atoms with E-state index in [1.54, 1.807) is 24.3 Å². The number of benzene rings is 2. The second-order valence-corrected chi connectivity index (χ2v) is 7.58. The maximum absolute atomic E-state index is 12.9. The summed E-state index contributed by atoms with van der Waals surface area (Å²) in [5, 5.41) is 5.05. The number of amides is 2. The summed E-state index contributed by atoms with van der Waals surface area (Å²) in [6, 6.07) is 16.0. The van der Waals surface area contributed by atoms with Crippen molar-refractivity contribution < 1.29 is 9.59 Å². The van der Waals surface area contributed by atoms with Gasteiger partial charge in [-0.2, -0.15) is 0 Å². The Morgan fingerprint density at radius 1 is 1.07 bits per heavy atom. The van der Waals surface area contributed by atoms with Gasteiger partial charge in [0.25, 0.3) is 17.4 Å².